The summed E-state index contributed by atoms with van der Waals surface area (Å²) in [6.07, 6.45) is 0.984. The molecule has 1 aromatic heterocycles. The summed E-state index contributed by atoms with van der Waals surface area (Å²) in [5.41, 5.74) is 4.77. The minimum Gasteiger partial charge on any atom is -0.379 e. The predicted octanol–water partition coefficient (Wildman–Crippen LogP) is 4.15. The van der Waals surface area contributed by atoms with Crippen LogP contribution in [0.2, 0.25) is 0 Å². The molecular weight excluding hydrogens is 302 g/mol. The third-order valence-corrected chi connectivity index (χ3v) is 4.10. The smallest absolute Gasteiger partial charge is 0.0625 e. The van der Waals surface area contributed by atoms with Crippen LogP contribution >= 0.6 is 15.9 Å². The quantitative estimate of drug-likeness (QED) is 0.896. The van der Waals surface area contributed by atoms with E-state index in [-0.39, 0.29) is 0 Å². The number of nitrogens with zero attached hydrogens (tertiary/aromatic N) is 2. The van der Waals surface area contributed by atoms with Crippen molar-refractivity contribution in [1.29, 1.82) is 0 Å². The number of aromatic nitrogens is 2. The maximum absolute atomic E-state index is 4.56. The molecule has 0 aliphatic heterocycles. The van der Waals surface area contributed by atoms with E-state index in [4.69, 9.17) is 0 Å². The van der Waals surface area contributed by atoms with E-state index >= 15 is 0 Å². The van der Waals surface area contributed by atoms with Gasteiger partial charge in [-0.1, -0.05) is 22.9 Å². The van der Waals surface area contributed by atoms with E-state index in [1.54, 1.807) is 0 Å². The number of hydrogen-bond acceptors (Lipinski definition) is 2. The number of anilines is 1. The van der Waals surface area contributed by atoms with Gasteiger partial charge in [0, 0.05) is 16.7 Å². The summed E-state index contributed by atoms with van der Waals surface area (Å²) in [5, 5.41) is 8.02. The average molecular weight is 322 g/mol. The molecule has 0 amide bonds. The van der Waals surface area contributed by atoms with Gasteiger partial charge in [0.2, 0.25) is 0 Å². The lowest BCUT2D eigenvalue weighted by atomic mass is 10.2. The minimum absolute atomic E-state index is 0.807. The Morgan fingerprint density at radius 2 is 2.05 bits per heavy atom. The van der Waals surface area contributed by atoms with Crippen molar-refractivity contribution in [2.24, 2.45) is 0 Å². The zero-order chi connectivity index (χ0) is 13.8. The molecule has 19 heavy (non-hydrogen) atoms. The van der Waals surface area contributed by atoms with Crippen LogP contribution in [0.5, 0.6) is 0 Å². The number of benzene rings is 1. The van der Waals surface area contributed by atoms with E-state index in [9.17, 15) is 0 Å². The highest BCUT2D eigenvalue weighted by molar-refractivity contribution is 9.10. The first-order chi connectivity index (χ1) is 9.13. The van der Waals surface area contributed by atoms with Crippen molar-refractivity contribution in [1.82, 2.24) is 9.78 Å². The van der Waals surface area contributed by atoms with Crippen molar-refractivity contribution in [3.63, 3.8) is 0 Å². The Balaban J connectivity index is 2.09. The first-order valence-electron chi connectivity index (χ1n) is 6.69. The molecule has 0 fully saturated rings. The summed E-state index contributed by atoms with van der Waals surface area (Å²) in [6, 6.07) is 8.50. The van der Waals surface area contributed by atoms with Crippen LogP contribution in [-0.4, -0.2) is 9.78 Å². The Labute approximate surface area is 123 Å². The maximum Gasteiger partial charge on any atom is 0.0625 e. The molecule has 4 heteroatoms. The van der Waals surface area contributed by atoms with E-state index in [0.717, 1.165) is 35.4 Å². The van der Waals surface area contributed by atoms with E-state index in [2.05, 4.69) is 76.1 Å². The molecular formula is C15H20BrN3. The van der Waals surface area contributed by atoms with E-state index in [0.29, 0.717) is 0 Å². The van der Waals surface area contributed by atoms with Crippen LogP contribution in [0.4, 0.5) is 5.69 Å². The fourth-order valence-corrected chi connectivity index (χ4v) is 2.30. The van der Waals surface area contributed by atoms with Gasteiger partial charge in [-0.3, -0.25) is 4.68 Å². The number of rotatable bonds is 5. The second kappa shape index (κ2) is 6.24. The zero-order valence-corrected chi connectivity index (χ0v) is 13.3. The van der Waals surface area contributed by atoms with Gasteiger partial charge in [0.05, 0.1) is 17.9 Å². The van der Waals surface area contributed by atoms with Crippen LogP contribution in [0, 0.1) is 6.92 Å². The van der Waals surface area contributed by atoms with Crippen LogP contribution < -0.4 is 5.32 Å². The van der Waals surface area contributed by atoms with Gasteiger partial charge < -0.3 is 5.32 Å². The summed E-state index contributed by atoms with van der Waals surface area (Å²) in [4.78, 5) is 0. The van der Waals surface area contributed by atoms with Gasteiger partial charge in [-0.05, 0) is 50.1 Å². The topological polar surface area (TPSA) is 29.9 Å². The Morgan fingerprint density at radius 1 is 1.26 bits per heavy atom. The van der Waals surface area contributed by atoms with Crippen LogP contribution in [0.1, 0.15) is 30.8 Å². The SMILES string of the molecule is CCc1cc(CNc2ccc(Br)c(C)c2)n(CC)n1. The Kier molecular flexibility index (Phi) is 4.64. The van der Waals surface area contributed by atoms with E-state index in [1.807, 2.05) is 0 Å². The third kappa shape index (κ3) is 3.38. The molecule has 0 spiro atoms. The molecule has 0 bridgehead atoms. The monoisotopic (exact) mass is 321 g/mol. The number of aryl methyl sites for hydroxylation is 3. The van der Waals surface area contributed by atoms with Crippen LogP contribution in [0.15, 0.2) is 28.7 Å². The highest BCUT2D eigenvalue weighted by Crippen LogP contribution is 2.20. The molecule has 0 unspecified atom stereocenters. The molecule has 0 aliphatic rings. The molecule has 1 heterocycles. The normalized spacial score (nSPS) is 10.7. The van der Waals surface area contributed by atoms with Gasteiger partial charge >= 0.3 is 0 Å². The van der Waals surface area contributed by atoms with Gasteiger partial charge in [0.1, 0.15) is 0 Å². The summed E-state index contributed by atoms with van der Waals surface area (Å²) in [7, 11) is 0. The van der Waals surface area contributed by atoms with Gasteiger partial charge in [-0.15, -0.1) is 0 Å². The predicted molar refractivity (Wildman–Crippen MR) is 83.5 cm³/mol. The lowest BCUT2D eigenvalue weighted by molar-refractivity contribution is 0.619. The zero-order valence-electron chi connectivity index (χ0n) is 11.7. The summed E-state index contributed by atoms with van der Waals surface area (Å²) in [6.45, 7) is 8.08. The Hall–Kier alpha value is -1.29. The van der Waals surface area contributed by atoms with Crippen molar-refractivity contribution >= 4 is 21.6 Å². The van der Waals surface area contributed by atoms with Gasteiger partial charge in [-0.2, -0.15) is 5.10 Å². The molecule has 102 valence electrons. The van der Waals surface area contributed by atoms with Crippen molar-refractivity contribution < 1.29 is 0 Å². The molecule has 0 atom stereocenters. The second-order valence-corrected chi connectivity index (χ2v) is 5.47. The standard InChI is InChI=1S/C15H20BrN3/c1-4-12-9-14(19(5-2)18-12)10-17-13-6-7-15(16)11(3)8-13/h6-9,17H,4-5,10H2,1-3H3. The van der Waals surface area contributed by atoms with Gasteiger partial charge in [0.15, 0.2) is 0 Å². The Bertz CT molecular complexity index is 561. The fourth-order valence-electron chi connectivity index (χ4n) is 2.05. The van der Waals surface area contributed by atoms with E-state index in [1.165, 1.54) is 11.3 Å². The molecule has 1 N–H and O–H groups in total. The highest BCUT2D eigenvalue weighted by atomic mass is 79.9. The number of nitrogens with one attached hydrogen (secondary N) is 1. The molecule has 3 nitrogen and oxygen atoms in total. The van der Waals surface area contributed by atoms with Gasteiger partial charge in [-0.25, -0.2) is 0 Å². The summed E-state index contributed by atoms with van der Waals surface area (Å²) >= 11 is 3.52. The van der Waals surface area contributed by atoms with Crippen LogP contribution in [-0.2, 0) is 19.5 Å². The van der Waals surface area contributed by atoms with Crippen molar-refractivity contribution in [3.05, 3.63) is 45.7 Å². The number of hydrogen-bond donors (Lipinski definition) is 1. The first-order valence-corrected chi connectivity index (χ1v) is 7.49. The molecule has 0 aliphatic carbocycles. The van der Waals surface area contributed by atoms with Crippen LogP contribution in [0.3, 0.4) is 0 Å². The molecule has 0 saturated carbocycles. The highest BCUT2D eigenvalue weighted by Gasteiger charge is 2.05. The second-order valence-electron chi connectivity index (χ2n) is 4.61. The summed E-state index contributed by atoms with van der Waals surface area (Å²) in [5.74, 6) is 0. The number of halogens is 1. The van der Waals surface area contributed by atoms with Crippen molar-refractivity contribution in [2.75, 3.05) is 5.32 Å². The lowest BCUT2D eigenvalue weighted by Gasteiger charge is -2.09. The molecule has 0 radical (unpaired) electrons. The van der Waals surface area contributed by atoms with Gasteiger partial charge in [0.25, 0.3) is 0 Å². The van der Waals surface area contributed by atoms with Crippen molar-refractivity contribution in [3.8, 4) is 0 Å². The third-order valence-electron chi connectivity index (χ3n) is 3.21. The maximum atomic E-state index is 4.56. The minimum atomic E-state index is 0.807. The first kappa shape index (κ1) is 14.1. The fraction of sp³-hybridized carbons (Fsp3) is 0.400. The van der Waals surface area contributed by atoms with Crippen LogP contribution in [0.25, 0.3) is 0 Å². The molecule has 0 saturated heterocycles. The Morgan fingerprint density at radius 3 is 2.68 bits per heavy atom. The van der Waals surface area contributed by atoms with E-state index < -0.39 is 0 Å². The summed E-state index contributed by atoms with van der Waals surface area (Å²) < 4.78 is 3.21. The lowest BCUT2D eigenvalue weighted by Crippen LogP contribution is -2.08. The average Bonchev–Trinajstić information content (AvgIpc) is 2.82. The molecule has 2 aromatic rings. The molecule has 1 aromatic carbocycles. The largest absolute Gasteiger partial charge is 0.379 e. The molecule has 2 rings (SSSR count). The van der Waals surface area contributed by atoms with Crippen molar-refractivity contribution in [2.45, 2.75) is 40.3 Å².